The van der Waals surface area contributed by atoms with Crippen molar-refractivity contribution in [3.05, 3.63) is 36.5 Å². The lowest BCUT2D eigenvalue weighted by atomic mass is 10.0. The van der Waals surface area contributed by atoms with Crippen LogP contribution in [0.5, 0.6) is 0 Å². The number of carbonyl (C=O) groups excluding carboxylic acids is 3. The first-order valence-electron chi connectivity index (χ1n) is 34.5. The van der Waals surface area contributed by atoms with Crippen molar-refractivity contribution < 1.29 is 28.6 Å². The maximum absolute atomic E-state index is 12.9. The first-order chi connectivity index (χ1) is 38.0. The van der Waals surface area contributed by atoms with Crippen molar-refractivity contribution in [2.24, 2.45) is 0 Å². The van der Waals surface area contributed by atoms with Crippen LogP contribution in [0.3, 0.4) is 0 Å². The maximum Gasteiger partial charge on any atom is 0.306 e. The molecule has 0 saturated carbocycles. The fourth-order valence-corrected chi connectivity index (χ4v) is 10.4. The molecule has 452 valence electrons. The van der Waals surface area contributed by atoms with Gasteiger partial charge in [0.1, 0.15) is 13.2 Å². The molecule has 6 heteroatoms. The molecule has 0 aromatic heterocycles. The van der Waals surface area contributed by atoms with Gasteiger partial charge < -0.3 is 14.2 Å². The highest BCUT2D eigenvalue weighted by Gasteiger charge is 2.19. The van der Waals surface area contributed by atoms with E-state index in [1.165, 1.54) is 270 Å². The maximum atomic E-state index is 12.9. The molecule has 77 heavy (non-hydrogen) atoms. The lowest BCUT2D eigenvalue weighted by Gasteiger charge is -2.18. The molecule has 0 aliphatic heterocycles. The monoisotopic (exact) mass is 1080 g/mol. The van der Waals surface area contributed by atoms with E-state index in [4.69, 9.17) is 14.2 Å². The molecule has 0 spiro atoms. The molecular weight excluding hydrogens is 949 g/mol. The molecule has 0 fully saturated rings. The average molecular weight is 1080 g/mol. The SMILES string of the molecule is CCCCCCC/C=C\C/C=C\CCCCCCCCCCCCCCCC(=O)OCC(COC(=O)CCCCCCC/C=C\CCCCCCC)OC(=O)CCCCCCCCCCCCCCCCCCCCCC. The molecular formula is C71H132O6. The van der Waals surface area contributed by atoms with Crippen molar-refractivity contribution in [3.63, 3.8) is 0 Å². The summed E-state index contributed by atoms with van der Waals surface area (Å²) in [6.45, 7) is 6.68. The third-order valence-electron chi connectivity index (χ3n) is 15.6. The van der Waals surface area contributed by atoms with Gasteiger partial charge in [0.05, 0.1) is 0 Å². The number of hydrogen-bond acceptors (Lipinski definition) is 6. The van der Waals surface area contributed by atoms with E-state index in [1.54, 1.807) is 0 Å². The van der Waals surface area contributed by atoms with Gasteiger partial charge in [0.25, 0.3) is 0 Å². The van der Waals surface area contributed by atoms with Crippen molar-refractivity contribution in [3.8, 4) is 0 Å². The van der Waals surface area contributed by atoms with Crippen LogP contribution in [-0.4, -0.2) is 37.2 Å². The lowest BCUT2D eigenvalue weighted by Crippen LogP contribution is -2.30. The van der Waals surface area contributed by atoms with Gasteiger partial charge in [-0.15, -0.1) is 0 Å². The molecule has 0 heterocycles. The summed E-state index contributed by atoms with van der Waals surface area (Å²) in [5.41, 5.74) is 0. The van der Waals surface area contributed by atoms with E-state index in [0.29, 0.717) is 19.3 Å². The van der Waals surface area contributed by atoms with Gasteiger partial charge in [-0.25, -0.2) is 0 Å². The molecule has 0 amide bonds. The van der Waals surface area contributed by atoms with Gasteiger partial charge in [-0.2, -0.15) is 0 Å². The fourth-order valence-electron chi connectivity index (χ4n) is 10.4. The van der Waals surface area contributed by atoms with Crippen LogP contribution in [-0.2, 0) is 28.6 Å². The fraction of sp³-hybridized carbons (Fsp3) is 0.873. The highest BCUT2D eigenvalue weighted by Crippen LogP contribution is 2.18. The Bertz CT molecular complexity index is 1290. The van der Waals surface area contributed by atoms with Gasteiger partial charge in [0.15, 0.2) is 6.10 Å². The second kappa shape index (κ2) is 66.1. The molecule has 6 nitrogen and oxygen atoms in total. The van der Waals surface area contributed by atoms with Crippen molar-refractivity contribution in [2.75, 3.05) is 13.2 Å². The van der Waals surface area contributed by atoms with Crippen molar-refractivity contribution in [1.29, 1.82) is 0 Å². The quantitative estimate of drug-likeness (QED) is 0.0261. The minimum absolute atomic E-state index is 0.0702. The summed E-state index contributed by atoms with van der Waals surface area (Å²) >= 11 is 0. The van der Waals surface area contributed by atoms with Gasteiger partial charge in [-0.3, -0.25) is 14.4 Å². The number of unbranched alkanes of at least 4 members (excludes halogenated alkanes) is 47. The van der Waals surface area contributed by atoms with Crippen LogP contribution in [0.15, 0.2) is 36.5 Å². The first-order valence-corrected chi connectivity index (χ1v) is 34.5. The molecule has 0 aromatic rings. The Balaban J connectivity index is 4.26. The molecule has 0 radical (unpaired) electrons. The molecule has 0 N–H and O–H groups in total. The number of ether oxygens (including phenoxy) is 3. The summed E-state index contributed by atoms with van der Waals surface area (Å²) in [7, 11) is 0. The standard InChI is InChI=1S/C71H132O6/c1-4-7-10-13-16-19-22-25-28-30-32-34-35-36-37-38-40-41-43-46-49-52-55-58-61-64-70(73)76-67-68(66-75-69(72)63-60-57-54-51-48-45-27-24-21-18-15-12-9-6-3)77-71(74)65-62-59-56-53-50-47-44-42-39-33-31-29-26-23-20-17-14-11-8-5-2/h22,24-25,27,30,32,68H,4-21,23,26,28-29,31,33-67H2,1-3H3/b25-22-,27-24-,32-30-. The Hall–Kier alpha value is -2.37. The highest BCUT2D eigenvalue weighted by molar-refractivity contribution is 5.71. The molecule has 0 rings (SSSR count). The summed E-state index contributed by atoms with van der Waals surface area (Å²) < 4.78 is 17.0. The molecule has 0 aliphatic carbocycles. The van der Waals surface area contributed by atoms with Crippen LogP contribution in [0.1, 0.15) is 380 Å². The molecule has 0 bridgehead atoms. The van der Waals surface area contributed by atoms with E-state index in [-0.39, 0.29) is 31.1 Å². The van der Waals surface area contributed by atoms with Crippen molar-refractivity contribution in [2.45, 2.75) is 386 Å². The molecule has 0 aliphatic rings. The third-order valence-corrected chi connectivity index (χ3v) is 15.6. The Morgan fingerprint density at radius 3 is 0.727 bits per heavy atom. The normalized spacial score (nSPS) is 12.2. The van der Waals surface area contributed by atoms with E-state index < -0.39 is 6.10 Å². The number of hydrogen-bond donors (Lipinski definition) is 0. The molecule has 1 unspecified atom stereocenters. The van der Waals surface area contributed by atoms with Crippen LogP contribution in [0, 0.1) is 0 Å². The van der Waals surface area contributed by atoms with E-state index in [9.17, 15) is 14.4 Å². The molecule has 1 atom stereocenters. The van der Waals surface area contributed by atoms with E-state index in [2.05, 4.69) is 57.2 Å². The van der Waals surface area contributed by atoms with Crippen LogP contribution >= 0.6 is 0 Å². The highest BCUT2D eigenvalue weighted by atomic mass is 16.6. The summed E-state index contributed by atoms with van der Waals surface area (Å²) in [6, 6.07) is 0. The van der Waals surface area contributed by atoms with Crippen LogP contribution in [0.25, 0.3) is 0 Å². The van der Waals surface area contributed by atoms with Crippen LogP contribution in [0.2, 0.25) is 0 Å². The summed E-state index contributed by atoms with van der Waals surface area (Å²) in [6.07, 6.45) is 81.6. The lowest BCUT2D eigenvalue weighted by molar-refractivity contribution is -0.167. The number of rotatable bonds is 64. The molecule has 0 saturated heterocycles. The average Bonchev–Trinajstić information content (AvgIpc) is 3.43. The van der Waals surface area contributed by atoms with Crippen molar-refractivity contribution >= 4 is 17.9 Å². The van der Waals surface area contributed by atoms with Gasteiger partial charge in [-0.05, 0) is 77.0 Å². The largest absolute Gasteiger partial charge is 0.462 e. The first kappa shape index (κ1) is 74.6. The minimum Gasteiger partial charge on any atom is -0.462 e. The Labute approximate surface area is 480 Å². The zero-order chi connectivity index (χ0) is 55.7. The van der Waals surface area contributed by atoms with Gasteiger partial charge in [0.2, 0.25) is 0 Å². The summed E-state index contributed by atoms with van der Waals surface area (Å²) in [5, 5.41) is 0. The van der Waals surface area contributed by atoms with Crippen LogP contribution < -0.4 is 0 Å². The van der Waals surface area contributed by atoms with Crippen LogP contribution in [0.4, 0.5) is 0 Å². The zero-order valence-electron chi connectivity index (χ0n) is 52.0. The third kappa shape index (κ3) is 64.3. The number of allylic oxidation sites excluding steroid dienone is 6. The predicted octanol–water partition coefficient (Wildman–Crippen LogP) is 23.6. The minimum atomic E-state index is -0.774. The summed E-state index contributed by atoms with van der Waals surface area (Å²) in [5.74, 6) is -0.852. The van der Waals surface area contributed by atoms with E-state index in [0.717, 1.165) is 70.6 Å². The second-order valence-electron chi connectivity index (χ2n) is 23.4. The van der Waals surface area contributed by atoms with Gasteiger partial charge >= 0.3 is 17.9 Å². The Morgan fingerprint density at radius 1 is 0.260 bits per heavy atom. The van der Waals surface area contributed by atoms with Gasteiger partial charge in [-0.1, -0.05) is 320 Å². The zero-order valence-corrected chi connectivity index (χ0v) is 52.0. The smallest absolute Gasteiger partial charge is 0.306 e. The van der Waals surface area contributed by atoms with E-state index in [1.807, 2.05) is 0 Å². The van der Waals surface area contributed by atoms with Gasteiger partial charge in [0, 0.05) is 19.3 Å². The topological polar surface area (TPSA) is 78.9 Å². The Morgan fingerprint density at radius 2 is 0.468 bits per heavy atom. The second-order valence-corrected chi connectivity index (χ2v) is 23.4. The summed E-state index contributed by atoms with van der Waals surface area (Å²) in [4.78, 5) is 38.4. The Kier molecular flexibility index (Phi) is 64.1. The molecule has 0 aromatic carbocycles. The predicted molar refractivity (Wildman–Crippen MR) is 335 cm³/mol. The number of esters is 3. The number of carbonyl (C=O) groups is 3. The van der Waals surface area contributed by atoms with E-state index >= 15 is 0 Å². The van der Waals surface area contributed by atoms with Crippen molar-refractivity contribution in [1.82, 2.24) is 0 Å².